The normalized spacial score (nSPS) is 10.8. The highest BCUT2D eigenvalue weighted by Crippen LogP contribution is 2.33. The molecule has 0 aliphatic carbocycles. The Morgan fingerprint density at radius 1 is 0.320 bits per heavy atom. The summed E-state index contributed by atoms with van der Waals surface area (Å²) < 4.78 is 0. The maximum Gasteiger partial charge on any atom is 0.165 e. The van der Waals surface area contributed by atoms with Crippen LogP contribution in [0.2, 0.25) is 0 Å². The van der Waals surface area contributed by atoms with Crippen molar-refractivity contribution in [2.24, 2.45) is 0 Å². The largest absolute Gasteiger partial charge is 0.248 e. The zero-order valence-electron chi connectivity index (χ0n) is 27.0. The number of hydrogen-bond donors (Lipinski definition) is 0. The lowest BCUT2D eigenvalue weighted by Crippen LogP contribution is -2.01. The van der Waals surface area contributed by atoms with Crippen LogP contribution in [-0.4, -0.2) is 19.9 Å². The Morgan fingerprint density at radius 2 is 0.780 bits per heavy atom. The summed E-state index contributed by atoms with van der Waals surface area (Å²) in [5.41, 5.74) is 11.3. The van der Waals surface area contributed by atoms with Gasteiger partial charge in [-0.3, -0.25) is 0 Å². The van der Waals surface area contributed by atoms with Crippen LogP contribution < -0.4 is 0 Å². The summed E-state index contributed by atoms with van der Waals surface area (Å²) in [6, 6.07) is 61.3. The Morgan fingerprint density at radius 3 is 1.44 bits per heavy atom. The molecule has 0 saturated heterocycles. The van der Waals surface area contributed by atoms with Crippen molar-refractivity contribution >= 4 is 0 Å². The molecule has 2 heterocycles. The molecule has 8 aromatic rings. The Kier molecular flexibility index (Phi) is 8.25. The van der Waals surface area contributed by atoms with Crippen molar-refractivity contribution < 1.29 is 0 Å². The van der Waals surface area contributed by atoms with E-state index in [0.29, 0.717) is 28.6 Å². The molecule has 0 saturated carbocycles. The molecule has 0 unspecified atom stereocenters. The molecule has 0 spiro atoms. The predicted octanol–water partition coefficient (Wildman–Crippen LogP) is 10.8. The van der Waals surface area contributed by atoms with Crippen molar-refractivity contribution in [3.05, 3.63) is 181 Å². The molecular weight excluding hydrogens is 611 g/mol. The first-order valence-electron chi connectivity index (χ1n) is 16.4. The van der Waals surface area contributed by atoms with Gasteiger partial charge in [0, 0.05) is 27.8 Å². The molecule has 234 valence electrons. The summed E-state index contributed by atoms with van der Waals surface area (Å²) in [5.74, 6) is 1.55. The maximum absolute atomic E-state index is 9.79. The number of rotatable bonds is 7. The quantitative estimate of drug-likeness (QED) is 0.173. The third-order valence-corrected chi connectivity index (χ3v) is 8.59. The zero-order chi connectivity index (χ0) is 33.7. The van der Waals surface area contributed by atoms with Gasteiger partial charge in [-0.05, 0) is 52.6 Å². The smallest absolute Gasteiger partial charge is 0.165 e. The van der Waals surface area contributed by atoms with E-state index in [1.807, 2.05) is 84.9 Å². The summed E-state index contributed by atoms with van der Waals surface area (Å²) in [6.07, 6.45) is 0. The number of nitriles is 1. The maximum atomic E-state index is 9.79. The van der Waals surface area contributed by atoms with Crippen LogP contribution in [0.25, 0.3) is 78.9 Å². The van der Waals surface area contributed by atoms with Gasteiger partial charge in [0.1, 0.15) is 0 Å². The molecule has 2 aromatic heterocycles. The Bertz CT molecular complexity index is 2410. The van der Waals surface area contributed by atoms with E-state index in [4.69, 9.17) is 19.9 Å². The van der Waals surface area contributed by atoms with Gasteiger partial charge in [0.2, 0.25) is 0 Å². The second kappa shape index (κ2) is 13.6. The first kappa shape index (κ1) is 30.3. The van der Waals surface area contributed by atoms with E-state index in [2.05, 4.69) is 91.0 Å². The van der Waals surface area contributed by atoms with Crippen LogP contribution in [0.15, 0.2) is 176 Å². The van der Waals surface area contributed by atoms with E-state index in [-0.39, 0.29) is 0 Å². The average Bonchev–Trinajstić information content (AvgIpc) is 3.21. The standard InChI is InChI=1S/C45H29N5/c46-30-38-19-10-11-22-40(38)45-49-43(34-17-8-3-9-18-34)48-44(50-45)35-25-23-32(24-26-35)36-20-12-21-37(27-36)42-29-39(31-13-4-1-5-14-31)28-41(47-42)33-15-6-2-7-16-33/h1-29H. The highest BCUT2D eigenvalue weighted by atomic mass is 15.0. The molecule has 5 heteroatoms. The van der Waals surface area contributed by atoms with Crippen molar-refractivity contribution in [2.75, 3.05) is 0 Å². The lowest BCUT2D eigenvalue weighted by Gasteiger charge is -2.12. The number of aromatic nitrogens is 4. The van der Waals surface area contributed by atoms with Gasteiger partial charge in [0.25, 0.3) is 0 Å². The van der Waals surface area contributed by atoms with Gasteiger partial charge in [0.15, 0.2) is 17.5 Å². The lowest BCUT2D eigenvalue weighted by molar-refractivity contribution is 1.07. The van der Waals surface area contributed by atoms with Crippen molar-refractivity contribution in [3.63, 3.8) is 0 Å². The molecule has 0 amide bonds. The average molecular weight is 640 g/mol. The van der Waals surface area contributed by atoms with Crippen molar-refractivity contribution in [2.45, 2.75) is 0 Å². The van der Waals surface area contributed by atoms with Crippen LogP contribution >= 0.6 is 0 Å². The molecule has 0 N–H and O–H groups in total. The third kappa shape index (κ3) is 6.29. The summed E-state index contributed by atoms with van der Waals surface area (Å²) in [7, 11) is 0. The second-order valence-electron chi connectivity index (χ2n) is 11.8. The van der Waals surface area contributed by atoms with Crippen molar-refractivity contribution in [3.8, 4) is 85.0 Å². The van der Waals surface area contributed by atoms with E-state index in [9.17, 15) is 5.26 Å². The monoisotopic (exact) mass is 639 g/mol. The minimum atomic E-state index is 0.461. The fraction of sp³-hybridized carbons (Fsp3) is 0. The van der Waals surface area contributed by atoms with Gasteiger partial charge >= 0.3 is 0 Å². The second-order valence-corrected chi connectivity index (χ2v) is 11.8. The number of benzene rings is 6. The molecule has 0 aliphatic rings. The van der Waals surface area contributed by atoms with Crippen LogP contribution in [0.1, 0.15) is 5.56 Å². The zero-order valence-corrected chi connectivity index (χ0v) is 27.0. The van der Waals surface area contributed by atoms with Gasteiger partial charge in [-0.2, -0.15) is 5.26 Å². The van der Waals surface area contributed by atoms with Crippen LogP contribution in [0.3, 0.4) is 0 Å². The number of hydrogen-bond acceptors (Lipinski definition) is 5. The molecule has 5 nitrogen and oxygen atoms in total. The Labute approximate surface area is 290 Å². The lowest BCUT2D eigenvalue weighted by atomic mass is 9.97. The van der Waals surface area contributed by atoms with Gasteiger partial charge < -0.3 is 0 Å². The highest BCUT2D eigenvalue weighted by molar-refractivity contribution is 5.79. The first-order chi connectivity index (χ1) is 24.7. The highest BCUT2D eigenvalue weighted by Gasteiger charge is 2.15. The minimum absolute atomic E-state index is 0.461. The van der Waals surface area contributed by atoms with Gasteiger partial charge in [-0.25, -0.2) is 19.9 Å². The Balaban J connectivity index is 1.17. The molecule has 0 radical (unpaired) electrons. The predicted molar refractivity (Wildman–Crippen MR) is 200 cm³/mol. The summed E-state index contributed by atoms with van der Waals surface area (Å²) in [4.78, 5) is 19.6. The molecule has 0 fully saturated rings. The van der Waals surface area contributed by atoms with E-state index >= 15 is 0 Å². The van der Waals surface area contributed by atoms with E-state index < -0.39 is 0 Å². The molecule has 50 heavy (non-hydrogen) atoms. The summed E-state index contributed by atoms with van der Waals surface area (Å²) in [6.45, 7) is 0. The fourth-order valence-corrected chi connectivity index (χ4v) is 6.02. The molecule has 0 atom stereocenters. The molecule has 6 aromatic carbocycles. The van der Waals surface area contributed by atoms with E-state index in [0.717, 1.165) is 55.9 Å². The van der Waals surface area contributed by atoms with Gasteiger partial charge in [-0.1, -0.05) is 146 Å². The summed E-state index contributed by atoms with van der Waals surface area (Å²) >= 11 is 0. The fourth-order valence-electron chi connectivity index (χ4n) is 6.02. The van der Waals surface area contributed by atoms with Crippen LogP contribution in [0, 0.1) is 11.3 Å². The van der Waals surface area contributed by atoms with Crippen LogP contribution in [0.4, 0.5) is 0 Å². The van der Waals surface area contributed by atoms with Crippen molar-refractivity contribution in [1.29, 1.82) is 5.26 Å². The van der Waals surface area contributed by atoms with Gasteiger partial charge in [0.05, 0.1) is 23.0 Å². The molecule has 0 aliphatic heterocycles. The van der Waals surface area contributed by atoms with Crippen LogP contribution in [-0.2, 0) is 0 Å². The molecular formula is C45H29N5. The third-order valence-electron chi connectivity index (χ3n) is 8.59. The number of pyridine rings is 1. The first-order valence-corrected chi connectivity index (χ1v) is 16.4. The van der Waals surface area contributed by atoms with E-state index in [1.54, 1.807) is 6.07 Å². The minimum Gasteiger partial charge on any atom is -0.248 e. The SMILES string of the molecule is N#Cc1ccccc1-c1nc(-c2ccccc2)nc(-c2ccc(-c3cccc(-c4cc(-c5ccccc5)cc(-c5ccccc5)n4)c3)cc2)n1. The van der Waals surface area contributed by atoms with Crippen LogP contribution in [0.5, 0.6) is 0 Å². The Hall–Kier alpha value is -7.03. The van der Waals surface area contributed by atoms with E-state index in [1.165, 1.54) is 0 Å². The topological polar surface area (TPSA) is 75.3 Å². The number of nitrogens with zero attached hydrogens (tertiary/aromatic N) is 5. The summed E-state index contributed by atoms with van der Waals surface area (Å²) in [5, 5.41) is 9.79. The molecule has 8 rings (SSSR count). The van der Waals surface area contributed by atoms with Gasteiger partial charge in [-0.15, -0.1) is 0 Å². The molecule has 0 bridgehead atoms. The van der Waals surface area contributed by atoms with Crippen molar-refractivity contribution in [1.82, 2.24) is 19.9 Å².